The molecule has 0 aromatic heterocycles. The Morgan fingerprint density at radius 1 is 0.958 bits per heavy atom. The third-order valence-corrected chi connectivity index (χ3v) is 5.40. The Bertz CT molecular complexity index is 667. The number of rotatable bonds is 4. The zero-order valence-corrected chi connectivity index (χ0v) is 14.9. The Kier molecular flexibility index (Phi) is 4.48. The van der Waals surface area contributed by atoms with Gasteiger partial charge in [-0.1, -0.05) is 29.3 Å². The number of carbonyl (C=O) groups is 2. The molecule has 0 bridgehead atoms. The number of benzene rings is 1. The first-order chi connectivity index (χ1) is 11.4. The molecule has 128 valence electrons. The van der Waals surface area contributed by atoms with Gasteiger partial charge in [0.05, 0.1) is 18.4 Å². The first-order valence-corrected chi connectivity index (χ1v) is 8.59. The zero-order chi connectivity index (χ0) is 17.4. The topological polar surface area (TPSA) is 46.6 Å². The fourth-order valence-corrected chi connectivity index (χ4v) is 3.81. The van der Waals surface area contributed by atoms with E-state index in [0.29, 0.717) is 13.2 Å². The fourth-order valence-electron chi connectivity index (χ4n) is 3.81. The highest BCUT2D eigenvalue weighted by molar-refractivity contribution is 6.05. The number of hydrogen-bond acceptors (Lipinski definition) is 3. The molecule has 0 radical (unpaired) electrons. The summed E-state index contributed by atoms with van der Waals surface area (Å²) in [4.78, 5) is 26.6. The lowest BCUT2D eigenvalue weighted by Crippen LogP contribution is -2.34. The van der Waals surface area contributed by atoms with Gasteiger partial charge in [-0.05, 0) is 51.7 Å². The number of allylic oxidation sites excluding steroid dienone is 2. The van der Waals surface area contributed by atoms with Crippen molar-refractivity contribution < 1.29 is 14.3 Å². The molecular weight excluding hydrogens is 302 g/mol. The summed E-state index contributed by atoms with van der Waals surface area (Å²) < 4.78 is 5.87. The summed E-state index contributed by atoms with van der Waals surface area (Å²) in [5.74, 6) is 0.467. The van der Waals surface area contributed by atoms with Crippen LogP contribution < -0.4 is 4.74 Å². The molecule has 24 heavy (non-hydrogen) atoms. The number of hydrogen-bond donors (Lipinski definition) is 0. The molecule has 0 spiro atoms. The largest absolute Gasteiger partial charge is 0.491 e. The molecule has 2 atom stereocenters. The molecule has 0 saturated carbocycles. The third kappa shape index (κ3) is 2.85. The first kappa shape index (κ1) is 16.7. The number of likely N-dealkylation sites (tertiary alicyclic amines) is 1. The molecule has 1 heterocycles. The molecule has 1 aromatic carbocycles. The monoisotopic (exact) mass is 327 g/mol. The molecule has 4 heteroatoms. The van der Waals surface area contributed by atoms with Crippen LogP contribution in [0.2, 0.25) is 0 Å². The summed E-state index contributed by atoms with van der Waals surface area (Å²) in [6.45, 7) is 8.80. The Balaban J connectivity index is 1.65. The number of para-hydroxylation sites is 1. The van der Waals surface area contributed by atoms with Gasteiger partial charge in [0.2, 0.25) is 11.8 Å². The van der Waals surface area contributed by atoms with Crippen LogP contribution in [0.5, 0.6) is 5.75 Å². The van der Waals surface area contributed by atoms with Gasteiger partial charge in [0.25, 0.3) is 0 Å². The van der Waals surface area contributed by atoms with E-state index in [1.54, 1.807) is 0 Å². The lowest BCUT2D eigenvalue weighted by molar-refractivity contribution is -0.140. The number of imide groups is 1. The van der Waals surface area contributed by atoms with Crippen molar-refractivity contribution in [2.75, 3.05) is 13.2 Å². The van der Waals surface area contributed by atoms with E-state index < -0.39 is 0 Å². The molecule has 0 N–H and O–H groups in total. The van der Waals surface area contributed by atoms with Crippen LogP contribution in [0, 0.1) is 25.7 Å². The van der Waals surface area contributed by atoms with E-state index >= 15 is 0 Å². The second-order valence-electron chi connectivity index (χ2n) is 7.08. The Hall–Kier alpha value is -2.10. The highest BCUT2D eigenvalue weighted by Crippen LogP contribution is 2.40. The molecular formula is C20H25NO3. The molecule has 1 aliphatic heterocycles. The molecule has 2 amide bonds. The minimum absolute atomic E-state index is 0.0260. The van der Waals surface area contributed by atoms with Crippen LogP contribution in [-0.2, 0) is 9.59 Å². The van der Waals surface area contributed by atoms with E-state index in [-0.39, 0.29) is 23.7 Å². The van der Waals surface area contributed by atoms with E-state index in [9.17, 15) is 9.59 Å². The van der Waals surface area contributed by atoms with Gasteiger partial charge < -0.3 is 4.74 Å². The van der Waals surface area contributed by atoms with Crippen molar-refractivity contribution in [3.05, 3.63) is 40.5 Å². The molecule has 1 aromatic rings. The van der Waals surface area contributed by atoms with Gasteiger partial charge in [-0.3, -0.25) is 14.5 Å². The average Bonchev–Trinajstić information content (AvgIpc) is 2.75. The summed E-state index contributed by atoms with van der Waals surface area (Å²) in [5, 5.41) is 0. The molecule has 1 fully saturated rings. The maximum absolute atomic E-state index is 12.6. The average molecular weight is 327 g/mol. The molecule has 4 nitrogen and oxygen atoms in total. The van der Waals surface area contributed by atoms with E-state index in [0.717, 1.165) is 29.7 Å². The minimum atomic E-state index is -0.165. The van der Waals surface area contributed by atoms with E-state index in [1.165, 1.54) is 16.0 Å². The second-order valence-corrected chi connectivity index (χ2v) is 7.08. The summed E-state index contributed by atoms with van der Waals surface area (Å²) >= 11 is 0. The van der Waals surface area contributed by atoms with E-state index in [4.69, 9.17) is 4.74 Å². The summed E-state index contributed by atoms with van der Waals surface area (Å²) in [5.41, 5.74) is 4.65. The van der Waals surface area contributed by atoms with Crippen molar-refractivity contribution >= 4 is 11.8 Å². The predicted molar refractivity (Wildman–Crippen MR) is 92.7 cm³/mol. The van der Waals surface area contributed by atoms with Crippen molar-refractivity contribution in [2.24, 2.45) is 11.8 Å². The Morgan fingerprint density at radius 2 is 1.46 bits per heavy atom. The highest BCUT2D eigenvalue weighted by Gasteiger charge is 2.48. The van der Waals surface area contributed by atoms with E-state index in [2.05, 4.69) is 13.8 Å². The molecule has 2 aliphatic rings. The molecule has 1 aliphatic carbocycles. The van der Waals surface area contributed by atoms with Gasteiger partial charge >= 0.3 is 0 Å². The number of fused-ring (bicyclic) bond motifs is 1. The molecule has 0 unspecified atom stereocenters. The van der Waals surface area contributed by atoms with Crippen molar-refractivity contribution in [3.8, 4) is 5.75 Å². The number of carbonyl (C=O) groups excluding carboxylic acids is 2. The third-order valence-electron chi connectivity index (χ3n) is 5.40. The number of amides is 2. The molecule has 1 saturated heterocycles. The molecule has 3 rings (SSSR count). The predicted octanol–water partition coefficient (Wildman–Crippen LogP) is 3.41. The van der Waals surface area contributed by atoms with E-state index in [1.807, 2.05) is 32.0 Å². The van der Waals surface area contributed by atoms with Gasteiger partial charge in [-0.2, -0.15) is 0 Å². The number of aryl methyl sites for hydroxylation is 2. The van der Waals surface area contributed by atoms with Crippen LogP contribution in [0.1, 0.15) is 37.8 Å². The van der Waals surface area contributed by atoms with Crippen LogP contribution >= 0.6 is 0 Å². The minimum Gasteiger partial charge on any atom is -0.491 e. The zero-order valence-electron chi connectivity index (χ0n) is 14.9. The van der Waals surface area contributed by atoms with Gasteiger partial charge in [-0.15, -0.1) is 0 Å². The summed E-state index contributed by atoms with van der Waals surface area (Å²) in [7, 11) is 0. The van der Waals surface area contributed by atoms with Gasteiger partial charge in [-0.25, -0.2) is 0 Å². The summed E-state index contributed by atoms with van der Waals surface area (Å²) in [6.07, 6.45) is 1.44. The van der Waals surface area contributed by atoms with Crippen LogP contribution in [0.15, 0.2) is 29.3 Å². The van der Waals surface area contributed by atoms with Crippen LogP contribution in [0.3, 0.4) is 0 Å². The maximum atomic E-state index is 12.6. The van der Waals surface area contributed by atoms with Crippen LogP contribution in [0.4, 0.5) is 0 Å². The lowest BCUT2D eigenvalue weighted by Gasteiger charge is -2.23. The van der Waals surface area contributed by atoms with Crippen molar-refractivity contribution in [1.82, 2.24) is 4.90 Å². The van der Waals surface area contributed by atoms with Crippen molar-refractivity contribution in [1.29, 1.82) is 0 Å². The van der Waals surface area contributed by atoms with Gasteiger partial charge in [0.1, 0.15) is 12.4 Å². The van der Waals surface area contributed by atoms with Gasteiger partial charge in [0.15, 0.2) is 0 Å². The number of nitrogens with zero attached hydrogens (tertiary/aromatic N) is 1. The van der Waals surface area contributed by atoms with Crippen molar-refractivity contribution in [3.63, 3.8) is 0 Å². The Labute approximate surface area is 143 Å². The fraction of sp³-hybridized carbons (Fsp3) is 0.500. The first-order valence-electron chi connectivity index (χ1n) is 8.59. The van der Waals surface area contributed by atoms with Crippen LogP contribution in [0.25, 0.3) is 0 Å². The second kappa shape index (κ2) is 6.42. The van der Waals surface area contributed by atoms with Crippen molar-refractivity contribution in [2.45, 2.75) is 40.5 Å². The van der Waals surface area contributed by atoms with Gasteiger partial charge in [0, 0.05) is 0 Å². The standard InChI is InChI=1S/C20H25NO3/c1-12-6-5-7-13(2)18(12)24-9-8-21-19(22)16-10-14(3)15(4)11-17(16)20(21)23/h5-7,16-17H,8-11H2,1-4H3/t16-,17-/m1/s1. The highest BCUT2D eigenvalue weighted by atomic mass is 16.5. The SMILES string of the molecule is CC1=C(C)C[C@H]2C(=O)N(CCOc3c(C)cccc3C)C(=O)[C@@H]2C1. The lowest BCUT2D eigenvalue weighted by atomic mass is 9.78. The number of ether oxygens (including phenoxy) is 1. The smallest absolute Gasteiger partial charge is 0.233 e. The summed E-state index contributed by atoms with van der Waals surface area (Å²) in [6, 6.07) is 5.99. The van der Waals surface area contributed by atoms with Crippen LogP contribution in [-0.4, -0.2) is 29.9 Å². The maximum Gasteiger partial charge on any atom is 0.233 e. The Morgan fingerprint density at radius 3 is 1.96 bits per heavy atom. The normalized spacial score (nSPS) is 23.8. The quantitative estimate of drug-likeness (QED) is 0.629.